The molecule has 0 aliphatic carbocycles. The Kier molecular flexibility index (Phi) is 5.69. The Balaban J connectivity index is 2.20. The fourth-order valence-corrected chi connectivity index (χ4v) is 3.27. The van der Waals surface area contributed by atoms with Crippen LogP contribution in [-0.4, -0.2) is 20.7 Å². The molecule has 0 amide bonds. The van der Waals surface area contributed by atoms with Gasteiger partial charge in [0.05, 0.1) is 12.0 Å². The lowest BCUT2D eigenvalue weighted by Gasteiger charge is -2.14. The third-order valence-electron chi connectivity index (χ3n) is 4.89. The number of rotatable bonds is 6. The van der Waals surface area contributed by atoms with Gasteiger partial charge in [0.25, 0.3) is 5.56 Å². The van der Waals surface area contributed by atoms with E-state index in [9.17, 15) is 14.9 Å². The van der Waals surface area contributed by atoms with Gasteiger partial charge in [-0.1, -0.05) is 31.9 Å². The molecule has 29 heavy (non-hydrogen) atoms. The molecule has 8 nitrogen and oxygen atoms in total. The van der Waals surface area contributed by atoms with Gasteiger partial charge in [0.15, 0.2) is 5.65 Å². The van der Waals surface area contributed by atoms with E-state index in [4.69, 9.17) is 10.5 Å². The number of ether oxygens (including phenoxy) is 1. The molecule has 0 fully saturated rings. The molecule has 0 saturated carbocycles. The number of nitrogens with zero attached hydrogens (tertiary/aromatic N) is 4. The minimum atomic E-state index is -0.526. The number of hydrogen-bond acceptors (Lipinski definition) is 6. The number of fused-ring (bicyclic) bond motifs is 1. The first-order chi connectivity index (χ1) is 13.9. The largest absolute Gasteiger partial charge is 0.494 e. The minimum Gasteiger partial charge on any atom is -0.494 e. The first-order valence-electron chi connectivity index (χ1n) is 9.43. The zero-order chi connectivity index (χ0) is 21.1. The highest BCUT2D eigenvalue weighted by Gasteiger charge is 2.21. The van der Waals surface area contributed by atoms with Gasteiger partial charge >= 0.3 is 5.69 Å². The number of unbranched alkanes of at least 4 members (excludes halogenated alkanes) is 2. The molecule has 1 aromatic carbocycles. The van der Waals surface area contributed by atoms with Gasteiger partial charge in [0.1, 0.15) is 23.2 Å². The third-order valence-corrected chi connectivity index (χ3v) is 4.89. The summed E-state index contributed by atoms with van der Waals surface area (Å²) < 4.78 is 7.98. The first kappa shape index (κ1) is 20.1. The molecule has 2 heterocycles. The van der Waals surface area contributed by atoms with Gasteiger partial charge < -0.3 is 10.5 Å². The maximum Gasteiger partial charge on any atom is 0.332 e. The molecule has 2 aromatic heterocycles. The van der Waals surface area contributed by atoms with Crippen LogP contribution in [0.3, 0.4) is 0 Å². The average molecular weight is 393 g/mol. The standard InChI is InChI=1S/C21H23N5O3/c1-4-5-6-11-29-14-9-7-13(8-10-14)16-15(12-22)18(23)24-19-17(16)20(27)26(3)21(28)25(19)2/h7-10H,4-6,11H2,1-3H3,(H2,23,24). The van der Waals surface area contributed by atoms with Crippen LogP contribution in [0.1, 0.15) is 31.7 Å². The summed E-state index contributed by atoms with van der Waals surface area (Å²) >= 11 is 0. The topological polar surface area (TPSA) is 116 Å². The summed E-state index contributed by atoms with van der Waals surface area (Å²) in [6.07, 6.45) is 3.20. The van der Waals surface area contributed by atoms with Crippen LogP contribution < -0.4 is 21.7 Å². The Morgan fingerprint density at radius 3 is 2.45 bits per heavy atom. The van der Waals surface area contributed by atoms with Crippen LogP contribution >= 0.6 is 0 Å². The van der Waals surface area contributed by atoms with Gasteiger partial charge in [0.2, 0.25) is 0 Å². The fraction of sp³-hybridized carbons (Fsp3) is 0.333. The van der Waals surface area contributed by atoms with Crippen LogP contribution in [0.2, 0.25) is 0 Å². The quantitative estimate of drug-likeness (QED) is 0.643. The predicted octanol–water partition coefficient (Wildman–Crippen LogP) is 2.32. The van der Waals surface area contributed by atoms with Crippen LogP contribution in [0, 0.1) is 11.3 Å². The van der Waals surface area contributed by atoms with Gasteiger partial charge in [-0.05, 0) is 24.1 Å². The van der Waals surface area contributed by atoms with Gasteiger partial charge in [-0.15, -0.1) is 0 Å². The van der Waals surface area contributed by atoms with E-state index in [1.165, 1.54) is 18.7 Å². The molecule has 0 radical (unpaired) electrons. The van der Waals surface area contributed by atoms with Crippen molar-refractivity contribution in [2.24, 2.45) is 14.1 Å². The van der Waals surface area contributed by atoms with E-state index < -0.39 is 11.2 Å². The minimum absolute atomic E-state index is 0.0295. The molecule has 3 rings (SSSR count). The molecular formula is C21H23N5O3. The summed E-state index contributed by atoms with van der Waals surface area (Å²) in [5, 5.41) is 9.83. The third kappa shape index (κ3) is 3.59. The molecule has 0 saturated heterocycles. The maximum absolute atomic E-state index is 12.9. The van der Waals surface area contributed by atoms with Crippen LogP contribution in [0.4, 0.5) is 5.82 Å². The zero-order valence-corrected chi connectivity index (χ0v) is 16.7. The highest BCUT2D eigenvalue weighted by Crippen LogP contribution is 2.32. The molecule has 0 unspecified atom stereocenters. The summed E-state index contributed by atoms with van der Waals surface area (Å²) in [7, 11) is 2.91. The van der Waals surface area contributed by atoms with E-state index in [0.29, 0.717) is 23.5 Å². The van der Waals surface area contributed by atoms with E-state index in [1.807, 2.05) is 6.07 Å². The SMILES string of the molecule is CCCCCOc1ccc(-c2c(C#N)c(N)nc3c2c(=O)n(C)c(=O)n3C)cc1. The van der Waals surface area contributed by atoms with Crippen molar-refractivity contribution in [3.8, 4) is 22.9 Å². The Hall–Kier alpha value is -3.60. The summed E-state index contributed by atoms with van der Waals surface area (Å²) in [6.45, 7) is 2.76. The highest BCUT2D eigenvalue weighted by molar-refractivity contribution is 5.97. The number of benzene rings is 1. The lowest BCUT2D eigenvalue weighted by Crippen LogP contribution is -2.37. The van der Waals surface area contributed by atoms with Gasteiger partial charge in [-0.25, -0.2) is 9.78 Å². The summed E-state index contributed by atoms with van der Waals surface area (Å²) in [5.41, 5.74) is 6.18. The van der Waals surface area contributed by atoms with E-state index in [2.05, 4.69) is 11.9 Å². The number of nitrogens with two attached hydrogens (primary N) is 1. The van der Waals surface area contributed by atoms with Crippen molar-refractivity contribution in [3.05, 3.63) is 50.7 Å². The molecule has 2 N–H and O–H groups in total. The van der Waals surface area contributed by atoms with Crippen molar-refractivity contribution in [1.82, 2.24) is 14.1 Å². The number of pyridine rings is 1. The Morgan fingerprint density at radius 1 is 1.14 bits per heavy atom. The van der Waals surface area contributed by atoms with E-state index in [0.717, 1.165) is 23.8 Å². The Morgan fingerprint density at radius 2 is 1.83 bits per heavy atom. The zero-order valence-electron chi connectivity index (χ0n) is 16.7. The van der Waals surface area contributed by atoms with Crippen molar-refractivity contribution in [2.75, 3.05) is 12.3 Å². The summed E-state index contributed by atoms with van der Waals surface area (Å²) in [6, 6.07) is 9.17. The second-order valence-electron chi connectivity index (χ2n) is 6.84. The molecular weight excluding hydrogens is 370 g/mol. The number of nitrogen functional groups attached to an aromatic ring is 1. The molecule has 0 spiro atoms. The van der Waals surface area contributed by atoms with Crippen molar-refractivity contribution in [2.45, 2.75) is 26.2 Å². The molecule has 3 aromatic rings. The number of hydrogen-bond donors (Lipinski definition) is 1. The van der Waals surface area contributed by atoms with Gasteiger partial charge in [-0.2, -0.15) is 5.26 Å². The highest BCUT2D eigenvalue weighted by atomic mass is 16.5. The van der Waals surface area contributed by atoms with E-state index >= 15 is 0 Å². The average Bonchev–Trinajstić information content (AvgIpc) is 2.73. The number of aryl methyl sites for hydroxylation is 1. The number of aromatic nitrogens is 3. The Bertz CT molecular complexity index is 1220. The lowest BCUT2D eigenvalue weighted by atomic mass is 9.98. The van der Waals surface area contributed by atoms with Crippen molar-refractivity contribution in [3.63, 3.8) is 0 Å². The van der Waals surface area contributed by atoms with Crippen LogP contribution in [-0.2, 0) is 14.1 Å². The fourth-order valence-electron chi connectivity index (χ4n) is 3.27. The molecule has 150 valence electrons. The van der Waals surface area contributed by atoms with Crippen LogP contribution in [0.25, 0.3) is 22.2 Å². The van der Waals surface area contributed by atoms with Crippen molar-refractivity contribution < 1.29 is 4.74 Å². The smallest absolute Gasteiger partial charge is 0.332 e. The summed E-state index contributed by atoms with van der Waals surface area (Å²) in [5.74, 6) is 0.674. The van der Waals surface area contributed by atoms with E-state index in [1.54, 1.807) is 24.3 Å². The molecule has 8 heteroatoms. The number of anilines is 1. The van der Waals surface area contributed by atoms with Crippen LogP contribution in [0.15, 0.2) is 33.9 Å². The van der Waals surface area contributed by atoms with Crippen molar-refractivity contribution in [1.29, 1.82) is 5.26 Å². The molecule has 0 atom stereocenters. The first-order valence-corrected chi connectivity index (χ1v) is 9.43. The normalized spacial score (nSPS) is 10.8. The monoisotopic (exact) mass is 393 g/mol. The van der Waals surface area contributed by atoms with Gasteiger partial charge in [0, 0.05) is 19.7 Å². The maximum atomic E-state index is 12.9. The van der Waals surface area contributed by atoms with Crippen molar-refractivity contribution >= 4 is 16.9 Å². The number of nitriles is 1. The predicted molar refractivity (Wildman–Crippen MR) is 112 cm³/mol. The molecule has 0 bridgehead atoms. The lowest BCUT2D eigenvalue weighted by molar-refractivity contribution is 0.306. The summed E-state index contributed by atoms with van der Waals surface area (Å²) in [4.78, 5) is 29.3. The molecule has 0 aliphatic heterocycles. The second kappa shape index (κ2) is 8.19. The van der Waals surface area contributed by atoms with Gasteiger partial charge in [-0.3, -0.25) is 13.9 Å². The second-order valence-corrected chi connectivity index (χ2v) is 6.84. The van der Waals surface area contributed by atoms with E-state index in [-0.39, 0.29) is 22.4 Å². The molecule has 0 aliphatic rings. The van der Waals surface area contributed by atoms with Crippen LogP contribution in [0.5, 0.6) is 5.75 Å². The Labute approximate surface area is 167 Å².